The minimum absolute atomic E-state index is 0.232. The van der Waals surface area contributed by atoms with Gasteiger partial charge in [-0.25, -0.2) is 4.79 Å². The number of rotatable bonds is 9. The maximum atomic E-state index is 12.9. The molecule has 0 radical (unpaired) electrons. The van der Waals surface area contributed by atoms with Crippen molar-refractivity contribution in [3.63, 3.8) is 0 Å². The number of nitrogens with one attached hydrogen (secondary N) is 1. The molecule has 0 atom stereocenters. The Labute approximate surface area is 193 Å². The third kappa shape index (κ3) is 7.67. The van der Waals surface area contributed by atoms with Crippen molar-refractivity contribution in [2.24, 2.45) is 11.8 Å². The molecule has 1 saturated heterocycles. The van der Waals surface area contributed by atoms with E-state index in [1.165, 1.54) is 12.1 Å². The van der Waals surface area contributed by atoms with Gasteiger partial charge in [-0.15, -0.1) is 0 Å². The Kier molecular flexibility index (Phi) is 8.24. The summed E-state index contributed by atoms with van der Waals surface area (Å²) in [7, 11) is 2.02. The summed E-state index contributed by atoms with van der Waals surface area (Å²) in [5.41, 5.74) is 0.916. The molecular weight excluding hydrogens is 431 g/mol. The SMILES string of the molecule is CC(C)COc1ccc(CNC(=O)N(Cc2ccc(C(F)(F)F)cc2)CC2CN(C)C2)cc1. The third-order valence-corrected chi connectivity index (χ3v) is 5.51. The molecule has 1 fully saturated rings. The van der Waals surface area contributed by atoms with E-state index < -0.39 is 11.7 Å². The summed E-state index contributed by atoms with van der Waals surface area (Å²) in [6.07, 6.45) is -4.37. The number of benzene rings is 2. The number of nitrogens with zero attached hydrogens (tertiary/aromatic N) is 2. The summed E-state index contributed by atoms with van der Waals surface area (Å²) in [5.74, 6) is 1.58. The van der Waals surface area contributed by atoms with Crippen molar-refractivity contribution in [2.75, 3.05) is 33.3 Å². The van der Waals surface area contributed by atoms with Gasteiger partial charge in [0.15, 0.2) is 0 Å². The van der Waals surface area contributed by atoms with Crippen molar-refractivity contribution in [3.8, 4) is 5.75 Å². The molecule has 8 heteroatoms. The van der Waals surface area contributed by atoms with Crippen LogP contribution in [0.2, 0.25) is 0 Å². The Morgan fingerprint density at radius 1 is 1.09 bits per heavy atom. The first-order valence-corrected chi connectivity index (χ1v) is 11.2. The maximum absolute atomic E-state index is 12.9. The van der Waals surface area contributed by atoms with Crippen molar-refractivity contribution in [1.29, 1.82) is 0 Å². The van der Waals surface area contributed by atoms with Gasteiger partial charge in [0, 0.05) is 38.6 Å². The van der Waals surface area contributed by atoms with Crippen LogP contribution in [0.25, 0.3) is 0 Å². The van der Waals surface area contributed by atoms with E-state index in [0.29, 0.717) is 37.1 Å². The van der Waals surface area contributed by atoms with E-state index >= 15 is 0 Å². The molecular formula is C25H32F3N3O2. The summed E-state index contributed by atoms with van der Waals surface area (Å²) < 4.78 is 44.2. The molecule has 1 aliphatic rings. The van der Waals surface area contributed by atoms with Crippen molar-refractivity contribution in [3.05, 3.63) is 65.2 Å². The number of halogens is 3. The topological polar surface area (TPSA) is 44.8 Å². The number of hydrogen-bond donors (Lipinski definition) is 1. The van der Waals surface area contributed by atoms with Crippen LogP contribution in [0, 0.1) is 11.8 Å². The van der Waals surface area contributed by atoms with Gasteiger partial charge >= 0.3 is 12.2 Å². The van der Waals surface area contributed by atoms with Crippen LogP contribution in [0.3, 0.4) is 0 Å². The van der Waals surface area contributed by atoms with Gasteiger partial charge in [-0.3, -0.25) is 0 Å². The van der Waals surface area contributed by atoms with E-state index in [4.69, 9.17) is 4.74 Å². The molecule has 0 spiro atoms. The monoisotopic (exact) mass is 463 g/mol. The van der Waals surface area contributed by atoms with Gasteiger partial charge < -0.3 is 19.9 Å². The van der Waals surface area contributed by atoms with E-state index in [0.717, 1.165) is 36.5 Å². The second-order valence-electron chi connectivity index (χ2n) is 9.17. The summed E-state index contributed by atoms with van der Waals surface area (Å²) in [6.45, 7) is 7.78. The zero-order chi connectivity index (χ0) is 24.0. The predicted octanol–water partition coefficient (Wildman–Crippen LogP) is 5.01. The molecule has 0 aromatic heterocycles. The molecule has 2 amide bonds. The van der Waals surface area contributed by atoms with Gasteiger partial charge in [-0.05, 0) is 48.4 Å². The maximum Gasteiger partial charge on any atom is 0.416 e. The van der Waals surface area contributed by atoms with Crippen molar-refractivity contribution in [2.45, 2.75) is 33.1 Å². The number of alkyl halides is 3. The molecule has 0 unspecified atom stereocenters. The lowest BCUT2D eigenvalue weighted by Crippen LogP contribution is -2.51. The third-order valence-electron chi connectivity index (χ3n) is 5.51. The Balaban J connectivity index is 1.59. The summed E-state index contributed by atoms with van der Waals surface area (Å²) in [4.78, 5) is 16.8. The van der Waals surface area contributed by atoms with E-state index in [1.54, 1.807) is 4.90 Å². The highest BCUT2D eigenvalue weighted by Crippen LogP contribution is 2.29. The highest BCUT2D eigenvalue weighted by molar-refractivity contribution is 5.74. The molecule has 0 aliphatic carbocycles. The normalized spacial score (nSPS) is 14.8. The fourth-order valence-corrected chi connectivity index (χ4v) is 3.75. The van der Waals surface area contributed by atoms with Crippen molar-refractivity contribution >= 4 is 6.03 Å². The molecule has 0 saturated carbocycles. The Bertz CT molecular complexity index is 893. The molecule has 1 N–H and O–H groups in total. The second-order valence-corrected chi connectivity index (χ2v) is 9.17. The lowest BCUT2D eigenvalue weighted by atomic mass is 10.0. The average Bonchev–Trinajstić information content (AvgIpc) is 2.74. The zero-order valence-electron chi connectivity index (χ0n) is 19.4. The number of ether oxygens (including phenoxy) is 1. The summed E-state index contributed by atoms with van der Waals surface area (Å²) in [5, 5.41) is 2.94. The Hall–Kier alpha value is -2.74. The van der Waals surface area contributed by atoms with Gasteiger partial charge in [-0.1, -0.05) is 38.1 Å². The van der Waals surface area contributed by atoms with Crippen LogP contribution in [0.1, 0.15) is 30.5 Å². The first-order valence-electron chi connectivity index (χ1n) is 11.2. The number of carbonyl (C=O) groups excluding carboxylic acids is 1. The lowest BCUT2D eigenvalue weighted by molar-refractivity contribution is -0.137. The first-order chi connectivity index (χ1) is 15.6. The standard InChI is InChI=1S/C25H32F3N3O2/c1-18(2)17-33-23-10-6-19(7-11-23)12-29-24(32)31(16-21-13-30(3)14-21)15-20-4-8-22(9-5-20)25(26,27)28/h4-11,18,21H,12-17H2,1-3H3,(H,29,32). The van der Waals surface area contributed by atoms with Gasteiger partial charge in [-0.2, -0.15) is 13.2 Å². The largest absolute Gasteiger partial charge is 0.493 e. The molecule has 5 nitrogen and oxygen atoms in total. The van der Waals surface area contributed by atoms with Crippen molar-refractivity contribution < 1.29 is 22.7 Å². The number of urea groups is 1. The molecule has 2 aromatic rings. The number of carbonyl (C=O) groups is 1. The second kappa shape index (κ2) is 10.9. The highest BCUT2D eigenvalue weighted by Gasteiger charge is 2.30. The highest BCUT2D eigenvalue weighted by atomic mass is 19.4. The van der Waals surface area contributed by atoms with Crippen LogP contribution in [0.15, 0.2) is 48.5 Å². The van der Waals surface area contributed by atoms with Crippen LogP contribution < -0.4 is 10.1 Å². The van der Waals surface area contributed by atoms with E-state index in [-0.39, 0.29) is 12.6 Å². The van der Waals surface area contributed by atoms with Crippen LogP contribution in [0.5, 0.6) is 5.75 Å². The van der Waals surface area contributed by atoms with Gasteiger partial charge in [0.25, 0.3) is 0 Å². The van der Waals surface area contributed by atoms with E-state index in [9.17, 15) is 18.0 Å². The summed E-state index contributed by atoms with van der Waals surface area (Å²) >= 11 is 0. The molecule has 1 heterocycles. The van der Waals surface area contributed by atoms with Gasteiger partial charge in [0.1, 0.15) is 5.75 Å². The van der Waals surface area contributed by atoms with Crippen LogP contribution >= 0.6 is 0 Å². The molecule has 180 valence electrons. The molecule has 1 aliphatic heterocycles. The minimum Gasteiger partial charge on any atom is -0.493 e. The van der Waals surface area contributed by atoms with Gasteiger partial charge in [0.05, 0.1) is 12.2 Å². The van der Waals surface area contributed by atoms with Crippen LogP contribution in [-0.2, 0) is 19.3 Å². The molecule has 2 aromatic carbocycles. The Morgan fingerprint density at radius 2 is 1.70 bits per heavy atom. The minimum atomic E-state index is -4.37. The van der Waals surface area contributed by atoms with Gasteiger partial charge in [0.2, 0.25) is 0 Å². The van der Waals surface area contributed by atoms with Crippen molar-refractivity contribution in [1.82, 2.24) is 15.1 Å². The zero-order valence-corrected chi connectivity index (χ0v) is 19.4. The van der Waals surface area contributed by atoms with Crippen LogP contribution in [-0.4, -0.2) is 49.1 Å². The molecule has 3 rings (SSSR count). The first kappa shape index (κ1) is 24.9. The number of likely N-dealkylation sites (tertiary alicyclic amines) is 1. The quantitative estimate of drug-likeness (QED) is 0.568. The average molecular weight is 464 g/mol. The lowest BCUT2D eigenvalue weighted by Gasteiger charge is -2.39. The van der Waals surface area contributed by atoms with Crippen LogP contribution in [0.4, 0.5) is 18.0 Å². The fraction of sp³-hybridized carbons (Fsp3) is 0.480. The predicted molar refractivity (Wildman–Crippen MR) is 122 cm³/mol. The molecule has 0 bridgehead atoms. The summed E-state index contributed by atoms with van der Waals surface area (Å²) in [6, 6.07) is 12.4. The number of hydrogen-bond acceptors (Lipinski definition) is 3. The molecule has 33 heavy (non-hydrogen) atoms. The fourth-order valence-electron chi connectivity index (χ4n) is 3.75. The van der Waals surface area contributed by atoms with E-state index in [2.05, 4.69) is 24.1 Å². The number of amides is 2. The Morgan fingerprint density at radius 3 is 2.24 bits per heavy atom. The van der Waals surface area contributed by atoms with E-state index in [1.807, 2.05) is 31.3 Å². The smallest absolute Gasteiger partial charge is 0.416 e.